The number of para-hydroxylation sites is 1. The fraction of sp³-hybridized carbons (Fsp3) is 0.625. The molecule has 0 radical (unpaired) electrons. The molecule has 2 aliphatic rings. The molecule has 2 fully saturated rings. The summed E-state index contributed by atoms with van der Waals surface area (Å²) in [5, 5.41) is 7.30. The lowest BCUT2D eigenvalue weighted by atomic mass is 10.0. The number of piperidine rings is 1. The van der Waals surface area contributed by atoms with E-state index < -0.39 is 0 Å². The maximum absolute atomic E-state index is 3.75. The van der Waals surface area contributed by atoms with Crippen molar-refractivity contribution in [2.24, 2.45) is 0 Å². The molecule has 0 aromatic heterocycles. The highest BCUT2D eigenvalue weighted by Crippen LogP contribution is 2.19. The first-order valence-electron chi connectivity index (χ1n) is 7.68. The van der Waals surface area contributed by atoms with Crippen LogP contribution in [0, 0.1) is 0 Å². The number of hydrogen-bond acceptors (Lipinski definition) is 3. The number of hydrogen-bond donors (Lipinski definition) is 2. The largest absolute Gasteiger partial charge is 0.371 e. The molecule has 21 heavy (non-hydrogen) atoms. The van der Waals surface area contributed by atoms with Crippen LogP contribution >= 0.6 is 24.8 Å². The summed E-state index contributed by atoms with van der Waals surface area (Å²) in [5.74, 6) is 0. The van der Waals surface area contributed by atoms with Gasteiger partial charge in [-0.1, -0.05) is 18.2 Å². The third-order valence-electron chi connectivity index (χ3n) is 4.43. The van der Waals surface area contributed by atoms with Crippen LogP contribution in [-0.4, -0.2) is 38.3 Å². The van der Waals surface area contributed by atoms with Gasteiger partial charge in [-0.15, -0.1) is 24.8 Å². The lowest BCUT2D eigenvalue weighted by Crippen LogP contribution is -2.46. The molecule has 0 aliphatic carbocycles. The van der Waals surface area contributed by atoms with Gasteiger partial charge in [0.25, 0.3) is 0 Å². The van der Waals surface area contributed by atoms with Crippen molar-refractivity contribution in [1.29, 1.82) is 0 Å². The Morgan fingerprint density at radius 1 is 1.05 bits per heavy atom. The minimum absolute atomic E-state index is 0. The molecule has 0 spiro atoms. The monoisotopic (exact) mass is 331 g/mol. The quantitative estimate of drug-likeness (QED) is 0.888. The zero-order valence-electron chi connectivity index (χ0n) is 12.5. The van der Waals surface area contributed by atoms with Gasteiger partial charge in [-0.3, -0.25) is 0 Å². The molecular formula is C16H27Cl2N3. The van der Waals surface area contributed by atoms with Gasteiger partial charge in [-0.05, 0) is 44.4 Å². The molecule has 2 aliphatic heterocycles. The van der Waals surface area contributed by atoms with Gasteiger partial charge in [0.15, 0.2) is 0 Å². The minimum Gasteiger partial charge on any atom is -0.371 e. The summed E-state index contributed by atoms with van der Waals surface area (Å²) in [4.78, 5) is 2.51. The van der Waals surface area contributed by atoms with Gasteiger partial charge in [-0.25, -0.2) is 0 Å². The Bertz CT molecular complexity index is 374. The first-order valence-corrected chi connectivity index (χ1v) is 7.68. The Hall–Kier alpha value is -0.480. The number of benzene rings is 1. The molecule has 0 saturated carbocycles. The predicted octanol–water partition coefficient (Wildman–Crippen LogP) is 2.84. The van der Waals surface area contributed by atoms with E-state index in [0.717, 1.165) is 6.54 Å². The molecule has 1 aromatic carbocycles. The Labute approximate surface area is 140 Å². The Kier molecular flexibility index (Phi) is 8.42. The lowest BCUT2D eigenvalue weighted by molar-refractivity contribution is 0.393. The highest BCUT2D eigenvalue weighted by Gasteiger charge is 2.21. The van der Waals surface area contributed by atoms with Gasteiger partial charge < -0.3 is 15.5 Å². The molecule has 3 rings (SSSR count). The van der Waals surface area contributed by atoms with Crippen molar-refractivity contribution in [1.82, 2.24) is 10.6 Å². The second-order valence-electron chi connectivity index (χ2n) is 5.80. The van der Waals surface area contributed by atoms with Gasteiger partial charge >= 0.3 is 0 Å². The number of nitrogens with zero attached hydrogens (tertiary/aromatic N) is 1. The average Bonchev–Trinajstić information content (AvgIpc) is 3.00. The van der Waals surface area contributed by atoms with E-state index in [4.69, 9.17) is 0 Å². The van der Waals surface area contributed by atoms with Gasteiger partial charge in [0, 0.05) is 37.4 Å². The molecule has 1 aromatic rings. The van der Waals surface area contributed by atoms with Crippen LogP contribution in [0.15, 0.2) is 30.3 Å². The standard InChI is InChI=1S/C16H25N3.2ClH/c1-2-6-16(7-3-1)19-11-8-14(9-12-19)18-13-15-5-4-10-17-15;;/h1-3,6-7,14-15,17-18H,4-5,8-13H2;2*1H/t15-;;/m0../s1. The van der Waals surface area contributed by atoms with Gasteiger partial charge in [0.1, 0.15) is 0 Å². The van der Waals surface area contributed by atoms with Crippen LogP contribution in [0.4, 0.5) is 5.69 Å². The van der Waals surface area contributed by atoms with Crippen LogP contribution < -0.4 is 15.5 Å². The van der Waals surface area contributed by atoms with Gasteiger partial charge in [-0.2, -0.15) is 0 Å². The fourth-order valence-electron chi connectivity index (χ4n) is 3.22. The highest BCUT2D eigenvalue weighted by atomic mass is 35.5. The Balaban J connectivity index is 0.00000110. The van der Waals surface area contributed by atoms with Gasteiger partial charge in [0.2, 0.25) is 0 Å². The average molecular weight is 332 g/mol. The zero-order chi connectivity index (χ0) is 12.9. The Morgan fingerprint density at radius 3 is 2.38 bits per heavy atom. The first-order chi connectivity index (χ1) is 9.42. The molecule has 0 bridgehead atoms. The van der Waals surface area contributed by atoms with Crippen LogP contribution in [0.2, 0.25) is 0 Å². The van der Waals surface area contributed by atoms with Crippen molar-refractivity contribution < 1.29 is 0 Å². The van der Waals surface area contributed by atoms with E-state index in [1.807, 2.05) is 0 Å². The van der Waals surface area contributed by atoms with Crippen LogP contribution in [-0.2, 0) is 0 Å². The predicted molar refractivity (Wildman–Crippen MR) is 95.2 cm³/mol. The van der Waals surface area contributed by atoms with Crippen molar-refractivity contribution in [2.45, 2.75) is 37.8 Å². The minimum atomic E-state index is 0. The molecule has 0 unspecified atom stereocenters. The fourth-order valence-corrected chi connectivity index (χ4v) is 3.22. The van der Waals surface area contributed by atoms with Crippen LogP contribution in [0.3, 0.4) is 0 Å². The van der Waals surface area contributed by atoms with E-state index >= 15 is 0 Å². The van der Waals surface area contributed by atoms with Crippen molar-refractivity contribution in [3.05, 3.63) is 30.3 Å². The summed E-state index contributed by atoms with van der Waals surface area (Å²) in [6.45, 7) is 4.72. The number of nitrogens with one attached hydrogen (secondary N) is 2. The van der Waals surface area contributed by atoms with Crippen molar-refractivity contribution in [3.8, 4) is 0 Å². The van der Waals surface area contributed by atoms with E-state index in [1.165, 1.54) is 51.0 Å². The second kappa shape index (κ2) is 9.52. The molecule has 2 N–H and O–H groups in total. The molecule has 2 heterocycles. The highest BCUT2D eigenvalue weighted by molar-refractivity contribution is 5.85. The number of anilines is 1. The summed E-state index contributed by atoms with van der Waals surface area (Å²) >= 11 is 0. The normalized spacial score (nSPS) is 22.5. The third kappa shape index (κ3) is 5.33. The van der Waals surface area contributed by atoms with E-state index in [2.05, 4.69) is 45.9 Å². The number of halogens is 2. The molecule has 120 valence electrons. The molecule has 2 saturated heterocycles. The second-order valence-corrected chi connectivity index (χ2v) is 5.80. The molecule has 3 nitrogen and oxygen atoms in total. The van der Waals surface area contributed by atoms with E-state index in [-0.39, 0.29) is 24.8 Å². The maximum Gasteiger partial charge on any atom is 0.0366 e. The molecule has 0 amide bonds. The zero-order valence-corrected chi connectivity index (χ0v) is 14.1. The number of rotatable bonds is 4. The van der Waals surface area contributed by atoms with Crippen LogP contribution in [0.5, 0.6) is 0 Å². The molecular weight excluding hydrogens is 305 g/mol. The summed E-state index contributed by atoms with van der Waals surface area (Å²) in [6, 6.07) is 12.2. The summed E-state index contributed by atoms with van der Waals surface area (Å²) in [7, 11) is 0. The molecule has 1 atom stereocenters. The van der Waals surface area contributed by atoms with Crippen molar-refractivity contribution >= 4 is 30.5 Å². The van der Waals surface area contributed by atoms with Crippen molar-refractivity contribution in [3.63, 3.8) is 0 Å². The SMILES string of the molecule is Cl.Cl.c1ccc(N2CCC(NC[C@@H]3CCCN3)CC2)cc1. The van der Waals surface area contributed by atoms with E-state index in [1.54, 1.807) is 0 Å². The Morgan fingerprint density at radius 2 is 1.76 bits per heavy atom. The van der Waals surface area contributed by atoms with E-state index in [9.17, 15) is 0 Å². The maximum atomic E-state index is 3.75. The van der Waals surface area contributed by atoms with Crippen LogP contribution in [0.1, 0.15) is 25.7 Å². The lowest BCUT2D eigenvalue weighted by Gasteiger charge is -2.34. The van der Waals surface area contributed by atoms with E-state index in [0.29, 0.717) is 12.1 Å². The smallest absolute Gasteiger partial charge is 0.0366 e. The summed E-state index contributed by atoms with van der Waals surface area (Å²) in [5.41, 5.74) is 1.37. The molecule has 5 heteroatoms. The summed E-state index contributed by atoms with van der Waals surface area (Å²) < 4.78 is 0. The topological polar surface area (TPSA) is 27.3 Å². The van der Waals surface area contributed by atoms with Gasteiger partial charge in [0.05, 0.1) is 0 Å². The summed E-state index contributed by atoms with van der Waals surface area (Å²) in [6.07, 6.45) is 5.22. The first kappa shape index (κ1) is 18.6. The van der Waals surface area contributed by atoms with Crippen molar-refractivity contribution in [2.75, 3.05) is 31.1 Å². The third-order valence-corrected chi connectivity index (χ3v) is 4.43. The van der Waals surface area contributed by atoms with Crippen LogP contribution in [0.25, 0.3) is 0 Å².